The molecule has 6 heteroatoms. The van der Waals surface area contributed by atoms with E-state index in [1.807, 2.05) is 0 Å². The van der Waals surface area contributed by atoms with Gasteiger partial charge >= 0.3 is 0 Å². The van der Waals surface area contributed by atoms with E-state index in [0.29, 0.717) is 18.5 Å². The Kier molecular flexibility index (Phi) is 4.56. The first kappa shape index (κ1) is 25.4. The minimum atomic E-state index is -0.0523. The number of likely N-dealkylation sites (tertiary alicyclic amines) is 3. The van der Waals surface area contributed by atoms with Crippen LogP contribution in [0.3, 0.4) is 0 Å². The van der Waals surface area contributed by atoms with Gasteiger partial charge in [0.05, 0.1) is 72.8 Å². The lowest BCUT2D eigenvalue weighted by atomic mass is 9.54. The van der Waals surface area contributed by atoms with Gasteiger partial charge < -0.3 is 29.4 Å². The van der Waals surface area contributed by atoms with Crippen molar-refractivity contribution in [3.05, 3.63) is 89.0 Å². The fourth-order valence-electron chi connectivity index (χ4n) is 11.4. The van der Waals surface area contributed by atoms with Crippen molar-refractivity contribution in [2.24, 2.45) is 0 Å². The highest BCUT2D eigenvalue weighted by Crippen LogP contribution is 2.69. The van der Waals surface area contributed by atoms with Crippen molar-refractivity contribution in [2.75, 3.05) is 77.9 Å². The maximum Gasteiger partial charge on any atom is 0.176 e. The minimum absolute atomic E-state index is 0.00119. The molecular weight excluding hydrogens is 516 g/mol. The second-order valence-electron chi connectivity index (χ2n) is 16.1. The molecule has 3 N–H and O–H groups in total. The van der Waals surface area contributed by atoms with Crippen LogP contribution in [0.5, 0.6) is 0 Å². The summed E-state index contributed by atoms with van der Waals surface area (Å²) < 4.78 is 3.01. The third-order valence-electron chi connectivity index (χ3n) is 13.2. The molecule has 3 fully saturated rings. The van der Waals surface area contributed by atoms with Crippen LogP contribution in [-0.4, -0.2) is 93.9 Å². The van der Waals surface area contributed by atoms with Crippen molar-refractivity contribution < 1.29 is 13.4 Å². The average Bonchev–Trinajstić information content (AvgIpc) is 3.76. The zero-order chi connectivity index (χ0) is 28.9. The van der Waals surface area contributed by atoms with Crippen LogP contribution in [0, 0.1) is 0 Å². The molecule has 0 bridgehead atoms. The highest BCUT2D eigenvalue weighted by Gasteiger charge is 2.78. The van der Waals surface area contributed by atoms with Crippen molar-refractivity contribution in [1.29, 1.82) is 0 Å². The number of benzene rings is 3. The lowest BCUT2D eigenvalue weighted by molar-refractivity contribution is -0.906. The van der Waals surface area contributed by atoms with Crippen LogP contribution in [0.2, 0.25) is 0 Å². The van der Waals surface area contributed by atoms with Gasteiger partial charge in [0.1, 0.15) is 5.41 Å². The predicted molar refractivity (Wildman–Crippen MR) is 170 cm³/mol. The summed E-state index contributed by atoms with van der Waals surface area (Å²) in [6, 6.07) is 25.9. The number of hydrogen-bond donors (Lipinski definition) is 3. The summed E-state index contributed by atoms with van der Waals surface area (Å²) in [5, 5.41) is 12.5. The summed E-state index contributed by atoms with van der Waals surface area (Å²) in [5.74, 6) is 0. The number of para-hydroxylation sites is 3. The zero-order valence-electron chi connectivity index (χ0n) is 26.2. The molecule has 3 saturated heterocycles. The van der Waals surface area contributed by atoms with Gasteiger partial charge in [-0.3, -0.25) is 0 Å². The largest absolute Gasteiger partial charge is 0.335 e. The standard InChI is InChI=1S/C36H47N6/c1-40(2)21-18-34(24-12-7-9-16-28(24)37-31(34)40)26-14-11-15-27-30(26)39-33-36(27,20-23-42(33,5)6)35-19-22-41(3,4)32(35)38-29-17-10-8-13-25(29)35/h7-17,31-33,37-39H,18-23H2,1-6H3/q+3/t31-,32+,33-,34-,35-,36+/m1/s1. The number of quaternary nitrogens is 3. The van der Waals surface area contributed by atoms with E-state index in [2.05, 4.69) is 125 Å². The van der Waals surface area contributed by atoms with Gasteiger partial charge in [-0.1, -0.05) is 54.6 Å². The highest BCUT2D eigenvalue weighted by atomic mass is 15.5. The molecular formula is C36H47N6+3. The van der Waals surface area contributed by atoms with Crippen molar-refractivity contribution >= 4 is 17.1 Å². The molecule has 218 valence electrons. The second kappa shape index (κ2) is 7.53. The highest BCUT2D eigenvalue weighted by molar-refractivity contribution is 5.77. The smallest absolute Gasteiger partial charge is 0.176 e. The zero-order valence-corrected chi connectivity index (χ0v) is 26.2. The van der Waals surface area contributed by atoms with Gasteiger partial charge in [0, 0.05) is 36.3 Å². The molecule has 6 atom stereocenters. The third-order valence-corrected chi connectivity index (χ3v) is 13.2. The van der Waals surface area contributed by atoms with Gasteiger partial charge in [-0.25, -0.2) is 0 Å². The van der Waals surface area contributed by atoms with Crippen LogP contribution < -0.4 is 16.0 Å². The maximum absolute atomic E-state index is 4.38. The molecule has 0 aromatic heterocycles. The Hall–Kier alpha value is -3.06. The van der Waals surface area contributed by atoms with Crippen molar-refractivity contribution in [3.8, 4) is 0 Å². The number of hydrogen-bond acceptors (Lipinski definition) is 3. The van der Waals surface area contributed by atoms with Crippen LogP contribution in [0.15, 0.2) is 66.7 Å². The maximum atomic E-state index is 4.38. The van der Waals surface area contributed by atoms with Gasteiger partial charge in [-0.05, 0) is 34.4 Å². The number of anilines is 3. The topological polar surface area (TPSA) is 36.1 Å². The number of rotatable bonds is 2. The average molecular weight is 564 g/mol. The van der Waals surface area contributed by atoms with Crippen molar-refractivity contribution in [1.82, 2.24) is 0 Å². The summed E-state index contributed by atoms with van der Waals surface area (Å²) in [4.78, 5) is 0. The number of fused-ring (bicyclic) bond motifs is 10. The molecule has 0 radical (unpaired) electrons. The van der Waals surface area contributed by atoms with Gasteiger partial charge in [-0.15, -0.1) is 0 Å². The van der Waals surface area contributed by atoms with E-state index in [9.17, 15) is 0 Å². The summed E-state index contributed by atoms with van der Waals surface area (Å²) in [6.07, 6.45) is 4.57. The van der Waals surface area contributed by atoms with Crippen molar-refractivity contribution in [2.45, 2.75) is 54.0 Å². The molecule has 6 heterocycles. The SMILES string of the molecule is C[N+]1(C)CC[C@@]2([C@]34CC[N+](C)(C)[C@H]3Nc3c([C@]56CC[N+](C)(C)[C@H]5Nc5ccccc56)cccc34)c3ccccc3N[C@H]21. The van der Waals surface area contributed by atoms with Gasteiger partial charge in [0.2, 0.25) is 0 Å². The Morgan fingerprint density at radius 1 is 0.500 bits per heavy atom. The van der Waals surface area contributed by atoms with Gasteiger partial charge in [0.25, 0.3) is 0 Å². The number of nitrogens with zero attached hydrogens (tertiary/aromatic N) is 3. The third kappa shape index (κ3) is 2.62. The molecule has 0 aliphatic carbocycles. The molecule has 0 spiro atoms. The fourth-order valence-corrected chi connectivity index (χ4v) is 11.4. The quantitative estimate of drug-likeness (QED) is 0.391. The van der Waals surface area contributed by atoms with E-state index in [-0.39, 0.29) is 16.2 Å². The van der Waals surface area contributed by atoms with Crippen LogP contribution in [0.25, 0.3) is 0 Å². The molecule has 6 aliphatic rings. The lowest BCUT2D eigenvalue weighted by Gasteiger charge is -2.47. The molecule has 6 aliphatic heterocycles. The van der Waals surface area contributed by atoms with E-state index in [1.54, 1.807) is 11.1 Å². The molecule has 0 amide bonds. The minimum Gasteiger partial charge on any atom is -0.335 e. The molecule has 9 rings (SSSR count). The summed E-state index contributed by atoms with van der Waals surface area (Å²) in [7, 11) is 14.7. The Morgan fingerprint density at radius 2 is 0.976 bits per heavy atom. The van der Waals surface area contributed by atoms with E-state index in [4.69, 9.17) is 0 Å². The Labute approximate surface area is 251 Å². The molecule has 42 heavy (non-hydrogen) atoms. The van der Waals surface area contributed by atoms with Crippen LogP contribution in [0.1, 0.15) is 41.5 Å². The summed E-state index contributed by atoms with van der Waals surface area (Å²) >= 11 is 0. The summed E-state index contributed by atoms with van der Waals surface area (Å²) in [5.41, 5.74) is 10.2. The van der Waals surface area contributed by atoms with E-state index in [1.165, 1.54) is 60.7 Å². The number of nitrogens with one attached hydrogen (secondary N) is 3. The predicted octanol–water partition coefficient (Wildman–Crippen LogP) is 4.84. The second-order valence-corrected chi connectivity index (χ2v) is 16.1. The van der Waals surface area contributed by atoms with E-state index >= 15 is 0 Å². The van der Waals surface area contributed by atoms with Crippen LogP contribution in [-0.2, 0) is 16.2 Å². The van der Waals surface area contributed by atoms with Gasteiger partial charge in [0.15, 0.2) is 18.5 Å². The van der Waals surface area contributed by atoms with E-state index < -0.39 is 0 Å². The molecule has 0 saturated carbocycles. The normalized spacial score (nSPS) is 38.4. The first-order chi connectivity index (χ1) is 20.0. The summed E-state index contributed by atoms with van der Waals surface area (Å²) in [6.45, 7) is 3.55. The Morgan fingerprint density at radius 3 is 1.69 bits per heavy atom. The van der Waals surface area contributed by atoms with Crippen LogP contribution >= 0.6 is 0 Å². The van der Waals surface area contributed by atoms with Crippen LogP contribution in [0.4, 0.5) is 17.1 Å². The molecule has 3 aromatic carbocycles. The molecule has 0 unspecified atom stereocenters. The lowest BCUT2D eigenvalue weighted by Crippen LogP contribution is -2.65. The number of likely N-dealkylation sites (N-methyl/N-ethyl adjacent to an activating group) is 3. The first-order valence-electron chi connectivity index (χ1n) is 16.1. The Balaban J connectivity index is 1.33. The van der Waals surface area contributed by atoms with Crippen molar-refractivity contribution in [3.63, 3.8) is 0 Å². The first-order valence-corrected chi connectivity index (χ1v) is 16.1. The monoisotopic (exact) mass is 563 g/mol. The Bertz CT molecular complexity index is 1660. The molecule has 3 aromatic rings. The fraction of sp³-hybridized carbons (Fsp3) is 0.500. The van der Waals surface area contributed by atoms with E-state index in [0.717, 1.165) is 19.9 Å². The van der Waals surface area contributed by atoms with Gasteiger partial charge in [-0.2, -0.15) is 0 Å². The molecule has 6 nitrogen and oxygen atoms in total.